The van der Waals surface area contributed by atoms with Crippen molar-refractivity contribution in [2.75, 3.05) is 28.4 Å². The molecule has 7 heteroatoms. The molecule has 1 aromatic heterocycles. The van der Waals surface area contributed by atoms with Crippen molar-refractivity contribution in [3.8, 4) is 28.5 Å². The lowest BCUT2D eigenvalue weighted by atomic mass is 10.0. The lowest BCUT2D eigenvalue weighted by Gasteiger charge is -2.14. The molecule has 0 N–H and O–H groups in total. The molecule has 0 spiro atoms. The highest BCUT2D eigenvalue weighted by Gasteiger charge is 2.17. The maximum absolute atomic E-state index is 5.52. The number of methoxy groups -OCH3 is 3. The fourth-order valence-corrected chi connectivity index (χ4v) is 3.95. The number of hydrogen-bond donors (Lipinski definition) is 0. The molecule has 0 bridgehead atoms. The molecular weight excluding hydrogens is 398 g/mol. The van der Waals surface area contributed by atoms with Crippen LogP contribution in [0, 0.1) is 13.8 Å². The van der Waals surface area contributed by atoms with Gasteiger partial charge in [-0.05, 0) is 55.7 Å². The number of ether oxygens (including phenoxy) is 3. The quantitative estimate of drug-likeness (QED) is 0.540. The van der Waals surface area contributed by atoms with Crippen LogP contribution in [0.25, 0.3) is 11.3 Å². The maximum atomic E-state index is 5.52. The number of rotatable bonds is 6. The zero-order valence-electron chi connectivity index (χ0n) is 18.4. The van der Waals surface area contributed by atoms with E-state index in [0.29, 0.717) is 17.2 Å². The Morgan fingerprint density at radius 1 is 0.933 bits per heavy atom. The second kappa shape index (κ2) is 9.17. The van der Waals surface area contributed by atoms with Crippen molar-refractivity contribution >= 4 is 17.0 Å². The average molecular weight is 426 g/mol. The zero-order valence-corrected chi connectivity index (χ0v) is 19.3. The first-order valence-corrected chi connectivity index (χ1v) is 10.4. The van der Waals surface area contributed by atoms with Crippen molar-refractivity contribution in [1.82, 2.24) is 4.68 Å². The van der Waals surface area contributed by atoms with Crippen LogP contribution in [0.4, 0.5) is 0 Å². The number of aromatic nitrogens is 1. The third-order valence-electron chi connectivity index (χ3n) is 5.01. The van der Waals surface area contributed by atoms with Gasteiger partial charge in [-0.1, -0.05) is 12.1 Å². The maximum Gasteiger partial charge on any atom is 0.205 e. The molecule has 3 aromatic rings. The van der Waals surface area contributed by atoms with Gasteiger partial charge in [-0.25, -0.2) is 4.68 Å². The Morgan fingerprint density at radius 3 is 2.13 bits per heavy atom. The van der Waals surface area contributed by atoms with Crippen LogP contribution >= 0.6 is 11.3 Å². The highest BCUT2D eigenvalue weighted by atomic mass is 32.1. The molecule has 1 heterocycles. The first-order chi connectivity index (χ1) is 14.4. The first-order valence-electron chi connectivity index (χ1n) is 9.50. The van der Waals surface area contributed by atoms with Gasteiger partial charge in [0.15, 0.2) is 11.5 Å². The molecule has 0 aliphatic heterocycles. The number of aryl methyl sites for hydroxylation is 2. The van der Waals surface area contributed by atoms with Crippen molar-refractivity contribution in [1.29, 1.82) is 0 Å². The Kier molecular flexibility index (Phi) is 6.62. The molecule has 3 rings (SSSR count). The topological polar surface area (TPSA) is 57.3 Å². The molecule has 158 valence electrons. The molecular formula is C23H27N3O3S. The number of benzene rings is 2. The third-order valence-corrected chi connectivity index (χ3v) is 5.92. The molecule has 0 atom stereocenters. The predicted molar refractivity (Wildman–Crippen MR) is 122 cm³/mol. The number of hydrogen-bond acceptors (Lipinski definition) is 6. The van der Waals surface area contributed by atoms with Crippen molar-refractivity contribution in [2.45, 2.75) is 20.8 Å². The van der Waals surface area contributed by atoms with Gasteiger partial charge in [-0.2, -0.15) is 5.10 Å². The summed E-state index contributed by atoms with van der Waals surface area (Å²) >= 11 is 1.53. The van der Waals surface area contributed by atoms with E-state index in [2.05, 4.69) is 37.0 Å². The summed E-state index contributed by atoms with van der Waals surface area (Å²) in [5.74, 6) is 1.74. The SMILES string of the molecule is CN=c1scc(-c2cc(OC)c(OC)c(OC)c2)n1N=C(C)c1ccc(C)c(C)c1. The van der Waals surface area contributed by atoms with Crippen LogP contribution in [-0.4, -0.2) is 38.8 Å². The molecule has 0 unspecified atom stereocenters. The van der Waals surface area contributed by atoms with E-state index in [4.69, 9.17) is 19.3 Å². The van der Waals surface area contributed by atoms with Gasteiger partial charge >= 0.3 is 0 Å². The van der Waals surface area contributed by atoms with Gasteiger partial charge in [0, 0.05) is 18.0 Å². The highest BCUT2D eigenvalue weighted by molar-refractivity contribution is 7.07. The van der Waals surface area contributed by atoms with E-state index in [1.165, 1.54) is 22.5 Å². The van der Waals surface area contributed by atoms with Gasteiger partial charge in [0.05, 0.1) is 32.7 Å². The molecule has 0 amide bonds. The van der Waals surface area contributed by atoms with E-state index in [1.807, 2.05) is 29.1 Å². The van der Waals surface area contributed by atoms with Crippen molar-refractivity contribution in [2.24, 2.45) is 10.1 Å². The Labute approximate surface area is 181 Å². The molecule has 30 heavy (non-hydrogen) atoms. The van der Waals surface area contributed by atoms with Gasteiger partial charge in [-0.15, -0.1) is 11.3 Å². The van der Waals surface area contributed by atoms with E-state index in [0.717, 1.165) is 27.3 Å². The van der Waals surface area contributed by atoms with Crippen molar-refractivity contribution in [3.63, 3.8) is 0 Å². The Balaban J connectivity index is 2.18. The zero-order chi connectivity index (χ0) is 21.8. The second-order valence-electron chi connectivity index (χ2n) is 6.84. The summed E-state index contributed by atoms with van der Waals surface area (Å²) in [7, 11) is 6.58. The van der Waals surface area contributed by atoms with Crippen molar-refractivity contribution < 1.29 is 14.2 Å². The molecule has 2 aromatic carbocycles. The Hall–Kier alpha value is -3.06. The van der Waals surface area contributed by atoms with Crippen LogP contribution in [0.2, 0.25) is 0 Å². The van der Waals surface area contributed by atoms with Crippen LogP contribution in [-0.2, 0) is 0 Å². The predicted octanol–water partition coefficient (Wildman–Crippen LogP) is 4.66. The summed E-state index contributed by atoms with van der Waals surface area (Å²) in [6.07, 6.45) is 0. The van der Waals surface area contributed by atoms with E-state index in [9.17, 15) is 0 Å². The summed E-state index contributed by atoms with van der Waals surface area (Å²) < 4.78 is 18.3. The van der Waals surface area contributed by atoms with Crippen LogP contribution in [0.1, 0.15) is 23.6 Å². The van der Waals surface area contributed by atoms with Crippen molar-refractivity contribution in [3.05, 3.63) is 57.2 Å². The minimum Gasteiger partial charge on any atom is -0.493 e. The lowest BCUT2D eigenvalue weighted by molar-refractivity contribution is 0.324. The minimum absolute atomic E-state index is 0.556. The number of thiazole rings is 1. The molecule has 6 nitrogen and oxygen atoms in total. The molecule has 0 saturated carbocycles. The normalized spacial score (nSPS) is 12.2. The standard InChI is InChI=1S/C23H27N3O3S/c1-14-8-9-17(10-15(14)2)16(3)25-26-19(13-30-23(26)24-4)18-11-20(27-5)22(29-7)21(12-18)28-6/h8-13H,1-7H3. The van der Waals surface area contributed by atoms with E-state index >= 15 is 0 Å². The largest absolute Gasteiger partial charge is 0.493 e. The van der Waals surface area contributed by atoms with Gasteiger partial charge in [0.2, 0.25) is 10.6 Å². The fraction of sp³-hybridized carbons (Fsp3) is 0.304. The van der Waals surface area contributed by atoms with Gasteiger partial charge in [0.1, 0.15) is 0 Å². The summed E-state index contributed by atoms with van der Waals surface area (Å²) in [6, 6.07) is 10.2. The highest BCUT2D eigenvalue weighted by Crippen LogP contribution is 2.41. The third kappa shape index (κ3) is 4.11. The molecule has 0 aliphatic carbocycles. The second-order valence-corrected chi connectivity index (χ2v) is 7.67. The molecule has 0 aliphatic rings. The van der Waals surface area contributed by atoms with Crippen LogP contribution in [0.15, 0.2) is 45.8 Å². The van der Waals surface area contributed by atoms with Crippen LogP contribution < -0.4 is 19.0 Å². The Bertz CT molecular complexity index is 1130. The summed E-state index contributed by atoms with van der Waals surface area (Å²) in [4.78, 5) is 5.19. The monoisotopic (exact) mass is 425 g/mol. The van der Waals surface area contributed by atoms with Gasteiger partial charge in [0.25, 0.3) is 0 Å². The van der Waals surface area contributed by atoms with E-state index in [-0.39, 0.29) is 0 Å². The van der Waals surface area contributed by atoms with E-state index in [1.54, 1.807) is 28.4 Å². The fourth-order valence-electron chi connectivity index (χ4n) is 3.15. The number of nitrogens with zero attached hydrogens (tertiary/aromatic N) is 3. The Morgan fingerprint density at radius 2 is 1.60 bits per heavy atom. The minimum atomic E-state index is 0.556. The first kappa shape index (κ1) is 21.6. The summed E-state index contributed by atoms with van der Waals surface area (Å²) in [5, 5.41) is 6.93. The lowest BCUT2D eigenvalue weighted by Crippen LogP contribution is -2.14. The summed E-state index contributed by atoms with van der Waals surface area (Å²) in [5.41, 5.74) is 6.27. The van der Waals surface area contributed by atoms with Gasteiger partial charge in [-0.3, -0.25) is 4.99 Å². The molecule has 0 radical (unpaired) electrons. The smallest absolute Gasteiger partial charge is 0.205 e. The average Bonchev–Trinajstić information content (AvgIpc) is 3.16. The van der Waals surface area contributed by atoms with E-state index < -0.39 is 0 Å². The molecule has 0 saturated heterocycles. The van der Waals surface area contributed by atoms with Crippen LogP contribution in [0.5, 0.6) is 17.2 Å². The summed E-state index contributed by atoms with van der Waals surface area (Å²) in [6.45, 7) is 6.22. The van der Waals surface area contributed by atoms with Gasteiger partial charge < -0.3 is 14.2 Å². The molecule has 0 fully saturated rings. The van der Waals surface area contributed by atoms with Crippen LogP contribution in [0.3, 0.4) is 0 Å².